The van der Waals surface area contributed by atoms with Crippen molar-refractivity contribution in [2.24, 2.45) is 0 Å². The quantitative estimate of drug-likeness (QED) is 0.486. The molecule has 2 atom stereocenters. The van der Waals surface area contributed by atoms with Crippen molar-refractivity contribution in [3.8, 4) is 0 Å². The van der Waals surface area contributed by atoms with Crippen LogP contribution in [0.5, 0.6) is 0 Å². The van der Waals surface area contributed by atoms with Gasteiger partial charge in [0.2, 0.25) is 0 Å². The number of hydrogen-bond acceptors (Lipinski definition) is 5. The minimum Gasteiger partial charge on any atom is -0.466 e. The van der Waals surface area contributed by atoms with Crippen molar-refractivity contribution in [3.05, 3.63) is 0 Å². The molecule has 0 N–H and O–H groups in total. The van der Waals surface area contributed by atoms with E-state index in [9.17, 15) is 9.59 Å². The highest BCUT2D eigenvalue weighted by Crippen LogP contribution is 2.31. The first-order chi connectivity index (χ1) is 8.46. The number of ether oxygens (including phenoxy) is 3. The van der Waals surface area contributed by atoms with Crippen molar-refractivity contribution < 1.29 is 23.8 Å². The first kappa shape index (κ1) is 13.3. The van der Waals surface area contributed by atoms with Crippen LogP contribution >= 0.6 is 0 Å². The second-order valence-electron chi connectivity index (χ2n) is 5.49. The lowest BCUT2D eigenvalue weighted by Gasteiger charge is -2.24. The van der Waals surface area contributed by atoms with Gasteiger partial charge in [0.1, 0.15) is 5.60 Å². The van der Waals surface area contributed by atoms with E-state index in [1.54, 1.807) is 0 Å². The molecule has 0 saturated carbocycles. The number of epoxide rings is 1. The zero-order valence-corrected chi connectivity index (χ0v) is 10.9. The summed E-state index contributed by atoms with van der Waals surface area (Å²) in [6.45, 7) is 3.94. The molecule has 2 saturated heterocycles. The normalized spacial score (nSPS) is 33.0. The van der Waals surface area contributed by atoms with Gasteiger partial charge in [0.05, 0.1) is 18.8 Å². The van der Waals surface area contributed by atoms with Crippen LogP contribution in [0.2, 0.25) is 0 Å². The van der Waals surface area contributed by atoms with Gasteiger partial charge in [-0.1, -0.05) is 0 Å². The van der Waals surface area contributed by atoms with E-state index in [2.05, 4.69) is 0 Å². The molecule has 5 heteroatoms. The lowest BCUT2D eigenvalue weighted by Crippen LogP contribution is -2.30. The van der Waals surface area contributed by atoms with Crippen LogP contribution in [0.3, 0.4) is 0 Å². The molecule has 2 heterocycles. The van der Waals surface area contributed by atoms with E-state index in [1.165, 1.54) is 0 Å². The Morgan fingerprint density at radius 3 is 2.33 bits per heavy atom. The second-order valence-corrected chi connectivity index (χ2v) is 5.49. The summed E-state index contributed by atoms with van der Waals surface area (Å²) in [5.41, 5.74) is -0.588. The van der Waals surface area contributed by atoms with Gasteiger partial charge >= 0.3 is 11.9 Å². The average molecular weight is 256 g/mol. The summed E-state index contributed by atoms with van der Waals surface area (Å²) in [6, 6.07) is 0. The molecule has 0 radical (unpaired) electrons. The van der Waals surface area contributed by atoms with E-state index < -0.39 is 5.60 Å². The van der Waals surface area contributed by atoms with Crippen molar-refractivity contribution in [3.63, 3.8) is 0 Å². The molecule has 0 aromatic carbocycles. The summed E-state index contributed by atoms with van der Waals surface area (Å²) in [7, 11) is 0. The summed E-state index contributed by atoms with van der Waals surface area (Å²) < 4.78 is 15.9. The number of hydrogen-bond donors (Lipinski definition) is 0. The van der Waals surface area contributed by atoms with Crippen LogP contribution in [0.4, 0.5) is 0 Å². The van der Waals surface area contributed by atoms with Crippen molar-refractivity contribution in [2.45, 2.75) is 63.8 Å². The maximum Gasteiger partial charge on any atom is 0.306 e. The van der Waals surface area contributed by atoms with Crippen LogP contribution in [0.1, 0.15) is 46.0 Å². The molecule has 0 spiro atoms. The zero-order chi connectivity index (χ0) is 13.2. The molecular weight excluding hydrogens is 236 g/mol. The molecule has 0 aromatic rings. The predicted molar refractivity (Wildman–Crippen MR) is 62.9 cm³/mol. The van der Waals surface area contributed by atoms with Crippen LogP contribution < -0.4 is 0 Å². The lowest BCUT2D eigenvalue weighted by atomic mass is 10.1. The first-order valence-corrected chi connectivity index (χ1v) is 6.49. The predicted octanol–water partition coefficient (Wildman–Crippen LogP) is 1.58. The number of esters is 2. The van der Waals surface area contributed by atoms with Gasteiger partial charge in [-0.05, 0) is 26.7 Å². The third kappa shape index (κ3) is 3.98. The number of rotatable bonds is 0. The van der Waals surface area contributed by atoms with Gasteiger partial charge in [0.25, 0.3) is 0 Å². The van der Waals surface area contributed by atoms with Crippen LogP contribution in [-0.4, -0.2) is 36.4 Å². The molecular formula is C13H20O5. The van der Waals surface area contributed by atoms with Crippen LogP contribution in [-0.2, 0) is 23.8 Å². The van der Waals surface area contributed by atoms with Gasteiger partial charge in [0, 0.05) is 19.3 Å². The minimum absolute atomic E-state index is 0.106. The van der Waals surface area contributed by atoms with Crippen molar-refractivity contribution in [2.75, 3.05) is 6.61 Å². The molecule has 0 aromatic heterocycles. The zero-order valence-electron chi connectivity index (χ0n) is 10.9. The highest BCUT2D eigenvalue weighted by molar-refractivity contribution is 5.70. The van der Waals surface area contributed by atoms with Gasteiger partial charge in [-0.25, -0.2) is 0 Å². The van der Waals surface area contributed by atoms with Crippen LogP contribution in [0.15, 0.2) is 0 Å². The Balaban J connectivity index is 1.92. The fourth-order valence-electron chi connectivity index (χ4n) is 2.10. The summed E-state index contributed by atoms with van der Waals surface area (Å²) in [6.07, 6.45) is 2.86. The van der Waals surface area contributed by atoms with E-state index in [1.807, 2.05) is 13.8 Å². The number of fused-ring (bicyclic) bond motifs is 1. The molecule has 0 unspecified atom stereocenters. The average Bonchev–Trinajstić information content (AvgIpc) is 3.00. The maximum atomic E-state index is 11.6. The molecule has 0 aliphatic carbocycles. The molecule has 0 amide bonds. The Kier molecular flexibility index (Phi) is 3.90. The first-order valence-electron chi connectivity index (χ1n) is 6.49. The van der Waals surface area contributed by atoms with Crippen LogP contribution in [0.25, 0.3) is 0 Å². The van der Waals surface area contributed by atoms with E-state index in [0.717, 1.165) is 0 Å². The Morgan fingerprint density at radius 2 is 1.67 bits per heavy atom. The maximum absolute atomic E-state index is 11.6. The second kappa shape index (κ2) is 5.26. The Labute approximate surface area is 107 Å². The van der Waals surface area contributed by atoms with E-state index in [-0.39, 0.29) is 30.8 Å². The van der Waals surface area contributed by atoms with Gasteiger partial charge in [-0.15, -0.1) is 0 Å². The fourth-order valence-corrected chi connectivity index (χ4v) is 2.10. The summed E-state index contributed by atoms with van der Waals surface area (Å²) in [5, 5.41) is 0. The van der Waals surface area contributed by atoms with E-state index in [0.29, 0.717) is 32.1 Å². The molecule has 18 heavy (non-hydrogen) atoms. The smallest absolute Gasteiger partial charge is 0.306 e. The number of carbonyl (C=O) groups is 2. The number of cyclic esters (lactones) is 2. The van der Waals surface area contributed by atoms with Crippen LogP contribution in [0, 0.1) is 0 Å². The summed E-state index contributed by atoms with van der Waals surface area (Å²) >= 11 is 0. The van der Waals surface area contributed by atoms with Crippen molar-refractivity contribution >= 4 is 11.9 Å². The van der Waals surface area contributed by atoms with Gasteiger partial charge in [-0.3, -0.25) is 9.59 Å². The lowest BCUT2D eigenvalue weighted by molar-refractivity contribution is -0.159. The highest BCUT2D eigenvalue weighted by Gasteiger charge is 2.39. The largest absolute Gasteiger partial charge is 0.466 e. The molecule has 5 nitrogen and oxygen atoms in total. The number of carbonyl (C=O) groups excluding carboxylic acids is 2. The standard InChI is InChI=1S/C13H20O5/c1-13(2)7-8-16-11(14)5-3-9-10(17-9)4-6-12(15)18-13/h9-10H,3-8H2,1-2H3/t9-,10-/m0/s1. The molecule has 102 valence electrons. The fraction of sp³-hybridized carbons (Fsp3) is 0.846. The third-order valence-electron chi connectivity index (χ3n) is 3.31. The van der Waals surface area contributed by atoms with E-state index in [4.69, 9.17) is 14.2 Å². The van der Waals surface area contributed by atoms with Gasteiger partial charge < -0.3 is 14.2 Å². The van der Waals surface area contributed by atoms with Gasteiger partial charge in [-0.2, -0.15) is 0 Å². The highest BCUT2D eigenvalue weighted by atomic mass is 16.6. The SMILES string of the molecule is CC1(C)CCOC(=O)CC[C@@H]2O[C@H]2CCC(=O)O1. The molecule has 0 bridgehead atoms. The van der Waals surface area contributed by atoms with Crippen molar-refractivity contribution in [1.29, 1.82) is 0 Å². The molecule has 2 aliphatic heterocycles. The summed E-state index contributed by atoms with van der Waals surface area (Å²) in [4.78, 5) is 23.1. The Hall–Kier alpha value is -1.10. The molecule has 2 fully saturated rings. The summed E-state index contributed by atoms with van der Waals surface area (Å²) in [5.74, 6) is -0.412. The Morgan fingerprint density at radius 1 is 1.06 bits per heavy atom. The van der Waals surface area contributed by atoms with Crippen molar-refractivity contribution in [1.82, 2.24) is 0 Å². The minimum atomic E-state index is -0.588. The molecule has 2 rings (SSSR count). The topological polar surface area (TPSA) is 65.1 Å². The monoisotopic (exact) mass is 256 g/mol. The molecule has 2 aliphatic rings. The van der Waals surface area contributed by atoms with E-state index >= 15 is 0 Å². The van der Waals surface area contributed by atoms with Gasteiger partial charge in [0.15, 0.2) is 0 Å². The Bertz CT molecular complexity index is 336. The third-order valence-corrected chi connectivity index (χ3v) is 3.31.